The van der Waals surface area contributed by atoms with E-state index in [1.165, 1.54) is 23.6 Å². The van der Waals surface area contributed by atoms with E-state index in [4.69, 9.17) is 4.52 Å². The smallest absolute Gasteiger partial charge is 0.267 e. The Morgan fingerprint density at radius 1 is 1.36 bits per heavy atom. The van der Waals surface area contributed by atoms with Gasteiger partial charge in [-0.2, -0.15) is 10.1 Å². The Kier molecular flexibility index (Phi) is 5.25. The lowest BCUT2D eigenvalue weighted by atomic mass is 10.1. The number of aryl methyl sites for hydroxylation is 2. The van der Waals surface area contributed by atoms with Crippen molar-refractivity contribution in [3.63, 3.8) is 0 Å². The Labute approximate surface area is 145 Å². The largest absolute Gasteiger partial charge is 0.354 e. The van der Waals surface area contributed by atoms with E-state index >= 15 is 0 Å². The number of nitrogens with zero attached hydrogens (tertiary/aromatic N) is 4. The van der Waals surface area contributed by atoms with Crippen LogP contribution in [0.1, 0.15) is 54.6 Å². The van der Waals surface area contributed by atoms with Crippen LogP contribution >= 0.6 is 0 Å². The van der Waals surface area contributed by atoms with Crippen molar-refractivity contribution in [1.29, 1.82) is 0 Å². The summed E-state index contributed by atoms with van der Waals surface area (Å²) in [6.45, 7) is 3.92. The predicted octanol–water partition coefficient (Wildman–Crippen LogP) is 1.26. The zero-order valence-electron chi connectivity index (χ0n) is 14.6. The van der Waals surface area contributed by atoms with Gasteiger partial charge in [-0.15, -0.1) is 0 Å². The van der Waals surface area contributed by atoms with E-state index in [0.717, 1.165) is 24.1 Å². The number of amides is 1. The molecule has 1 amide bonds. The molecule has 0 aromatic carbocycles. The summed E-state index contributed by atoms with van der Waals surface area (Å²) in [6.07, 6.45) is 5.14. The molecule has 1 N–H and O–H groups in total. The number of carbonyl (C=O) groups is 1. The van der Waals surface area contributed by atoms with Crippen molar-refractivity contribution < 1.29 is 9.32 Å². The van der Waals surface area contributed by atoms with Crippen LogP contribution in [0.25, 0.3) is 0 Å². The lowest BCUT2D eigenvalue weighted by Crippen LogP contribution is -2.35. The second-order valence-electron chi connectivity index (χ2n) is 6.54. The molecule has 2 aromatic heterocycles. The van der Waals surface area contributed by atoms with Gasteiger partial charge < -0.3 is 9.84 Å². The molecule has 0 saturated heterocycles. The average Bonchev–Trinajstić information content (AvgIpc) is 3.23. The fourth-order valence-electron chi connectivity index (χ4n) is 3.00. The molecule has 8 heteroatoms. The van der Waals surface area contributed by atoms with Crippen molar-refractivity contribution in [1.82, 2.24) is 25.2 Å². The van der Waals surface area contributed by atoms with Crippen LogP contribution in [-0.4, -0.2) is 32.4 Å². The van der Waals surface area contributed by atoms with Crippen molar-refractivity contribution in [2.45, 2.75) is 58.4 Å². The summed E-state index contributed by atoms with van der Waals surface area (Å²) in [6, 6.07) is 1.49. The van der Waals surface area contributed by atoms with Crippen molar-refractivity contribution in [3.8, 4) is 0 Å². The molecule has 0 spiro atoms. The highest BCUT2D eigenvalue weighted by Gasteiger charge is 2.22. The Morgan fingerprint density at radius 2 is 2.12 bits per heavy atom. The molecular weight excluding hydrogens is 322 g/mol. The summed E-state index contributed by atoms with van der Waals surface area (Å²) in [7, 11) is 0. The summed E-state index contributed by atoms with van der Waals surface area (Å²) in [4.78, 5) is 28.2. The maximum Gasteiger partial charge on any atom is 0.267 e. The van der Waals surface area contributed by atoms with Crippen LogP contribution in [0.5, 0.6) is 0 Å². The topological polar surface area (TPSA) is 103 Å². The van der Waals surface area contributed by atoms with Crippen LogP contribution < -0.4 is 10.9 Å². The van der Waals surface area contributed by atoms with Gasteiger partial charge >= 0.3 is 0 Å². The first-order chi connectivity index (χ1) is 12.0. The van der Waals surface area contributed by atoms with E-state index in [1.54, 1.807) is 6.92 Å². The Hall–Kier alpha value is -2.51. The van der Waals surface area contributed by atoms with Gasteiger partial charge in [0.25, 0.3) is 5.56 Å². The molecule has 1 fully saturated rings. The molecule has 1 aliphatic rings. The van der Waals surface area contributed by atoms with E-state index in [9.17, 15) is 9.59 Å². The summed E-state index contributed by atoms with van der Waals surface area (Å²) in [5, 5.41) is 10.9. The first-order valence-corrected chi connectivity index (χ1v) is 8.67. The van der Waals surface area contributed by atoms with Gasteiger partial charge in [-0.1, -0.05) is 18.0 Å². The van der Waals surface area contributed by atoms with E-state index in [1.807, 2.05) is 6.92 Å². The highest BCUT2D eigenvalue weighted by Crippen LogP contribution is 2.32. The Morgan fingerprint density at radius 3 is 2.88 bits per heavy atom. The molecule has 0 atom stereocenters. The molecular formula is C17H23N5O3. The fourth-order valence-corrected chi connectivity index (χ4v) is 3.00. The minimum absolute atomic E-state index is 0.0977. The number of aromatic nitrogens is 4. The molecule has 0 unspecified atom stereocenters. The highest BCUT2D eigenvalue weighted by atomic mass is 16.5. The zero-order valence-corrected chi connectivity index (χ0v) is 14.6. The molecule has 25 heavy (non-hydrogen) atoms. The quantitative estimate of drug-likeness (QED) is 0.845. The predicted molar refractivity (Wildman–Crippen MR) is 90.2 cm³/mol. The summed E-state index contributed by atoms with van der Waals surface area (Å²) >= 11 is 0. The van der Waals surface area contributed by atoms with E-state index < -0.39 is 0 Å². The van der Waals surface area contributed by atoms with Gasteiger partial charge in [0.2, 0.25) is 11.8 Å². The third-order valence-electron chi connectivity index (χ3n) is 4.59. The van der Waals surface area contributed by atoms with Gasteiger partial charge in [0.1, 0.15) is 6.54 Å². The van der Waals surface area contributed by atoms with Crippen LogP contribution in [0.15, 0.2) is 15.4 Å². The van der Waals surface area contributed by atoms with Gasteiger partial charge in [0.05, 0.1) is 5.69 Å². The normalized spacial score (nSPS) is 14.8. The van der Waals surface area contributed by atoms with Gasteiger partial charge in [0, 0.05) is 24.9 Å². The highest BCUT2D eigenvalue weighted by molar-refractivity contribution is 5.75. The number of hydrogen-bond donors (Lipinski definition) is 1. The van der Waals surface area contributed by atoms with Crippen LogP contribution in [0.4, 0.5) is 0 Å². The third kappa shape index (κ3) is 4.32. The monoisotopic (exact) mass is 345 g/mol. The Bertz CT molecular complexity index is 805. The standard InChI is InChI=1S/C17H23N5O3/c1-11-9-16(24)22(20-12(11)2)10-15(23)18-8-7-14-19-17(25-21-14)13-5-3-4-6-13/h9,13H,3-8,10H2,1-2H3,(H,18,23). The number of hydrogen-bond acceptors (Lipinski definition) is 6. The average molecular weight is 345 g/mol. The molecule has 0 aliphatic heterocycles. The molecule has 1 aliphatic carbocycles. The second-order valence-corrected chi connectivity index (χ2v) is 6.54. The molecule has 2 heterocycles. The summed E-state index contributed by atoms with van der Waals surface area (Å²) < 4.78 is 6.48. The number of carbonyl (C=O) groups excluding carboxylic acids is 1. The number of rotatable bonds is 6. The Balaban J connectivity index is 1.48. The lowest BCUT2D eigenvalue weighted by molar-refractivity contribution is -0.121. The van der Waals surface area contributed by atoms with Crippen LogP contribution in [-0.2, 0) is 17.8 Å². The minimum Gasteiger partial charge on any atom is -0.354 e. The van der Waals surface area contributed by atoms with E-state index in [0.29, 0.717) is 30.6 Å². The van der Waals surface area contributed by atoms with Gasteiger partial charge in [-0.3, -0.25) is 9.59 Å². The molecule has 3 rings (SSSR count). The van der Waals surface area contributed by atoms with E-state index in [2.05, 4.69) is 20.6 Å². The molecule has 134 valence electrons. The van der Waals surface area contributed by atoms with E-state index in [-0.39, 0.29) is 18.0 Å². The lowest BCUT2D eigenvalue weighted by Gasteiger charge is -2.07. The summed E-state index contributed by atoms with van der Waals surface area (Å²) in [5.74, 6) is 1.43. The molecule has 2 aromatic rings. The van der Waals surface area contributed by atoms with Gasteiger partial charge in [0.15, 0.2) is 5.82 Å². The maximum absolute atomic E-state index is 12.0. The second kappa shape index (κ2) is 7.58. The molecule has 1 saturated carbocycles. The van der Waals surface area contributed by atoms with Gasteiger partial charge in [-0.25, -0.2) is 4.68 Å². The third-order valence-corrected chi connectivity index (χ3v) is 4.59. The van der Waals surface area contributed by atoms with Crippen LogP contribution in [0.3, 0.4) is 0 Å². The van der Waals surface area contributed by atoms with Crippen molar-refractivity contribution in [2.24, 2.45) is 0 Å². The number of nitrogens with one attached hydrogen (secondary N) is 1. The van der Waals surface area contributed by atoms with Crippen molar-refractivity contribution in [3.05, 3.63) is 39.4 Å². The fraction of sp³-hybridized carbons (Fsp3) is 0.588. The first kappa shape index (κ1) is 17.3. The van der Waals surface area contributed by atoms with Crippen molar-refractivity contribution >= 4 is 5.91 Å². The molecule has 0 bridgehead atoms. The van der Waals surface area contributed by atoms with Crippen LogP contribution in [0, 0.1) is 13.8 Å². The van der Waals surface area contributed by atoms with Crippen LogP contribution in [0.2, 0.25) is 0 Å². The first-order valence-electron chi connectivity index (χ1n) is 8.67. The SMILES string of the molecule is Cc1cc(=O)n(CC(=O)NCCc2noc(C3CCCC3)n2)nc1C. The molecule has 8 nitrogen and oxygen atoms in total. The van der Waals surface area contributed by atoms with Crippen molar-refractivity contribution in [2.75, 3.05) is 6.54 Å². The van der Waals surface area contributed by atoms with Gasteiger partial charge in [-0.05, 0) is 32.3 Å². The maximum atomic E-state index is 12.0. The molecule has 0 radical (unpaired) electrons. The zero-order chi connectivity index (χ0) is 17.8. The minimum atomic E-state index is -0.280. The summed E-state index contributed by atoms with van der Waals surface area (Å²) in [5.41, 5.74) is 1.27.